The zero-order chi connectivity index (χ0) is 20.5. The number of benzene rings is 2. The van der Waals surface area contributed by atoms with Crippen LogP contribution >= 0.6 is 15.9 Å². The van der Waals surface area contributed by atoms with Crippen LogP contribution in [0.5, 0.6) is 5.75 Å². The minimum absolute atomic E-state index is 0.0653. The Morgan fingerprint density at radius 3 is 2.69 bits per heavy atom. The minimum atomic E-state index is -1.78. The van der Waals surface area contributed by atoms with Gasteiger partial charge in [-0.05, 0) is 30.7 Å². The number of nitriles is 1. The molecule has 7 nitrogen and oxygen atoms in total. The monoisotopic (exact) mass is 449 g/mol. The molecule has 2 aliphatic rings. The van der Waals surface area contributed by atoms with Crippen molar-refractivity contribution in [3.63, 3.8) is 0 Å². The van der Waals surface area contributed by atoms with Gasteiger partial charge in [0.05, 0.1) is 5.39 Å². The molecule has 5 rings (SSSR count). The highest BCUT2D eigenvalue weighted by Crippen LogP contribution is 2.55. The van der Waals surface area contributed by atoms with Gasteiger partial charge in [0.25, 0.3) is 0 Å². The van der Waals surface area contributed by atoms with Crippen LogP contribution < -0.4 is 21.4 Å². The highest BCUT2D eigenvalue weighted by molar-refractivity contribution is 9.10. The van der Waals surface area contributed by atoms with Gasteiger partial charge >= 0.3 is 5.63 Å². The maximum absolute atomic E-state index is 13.4. The molecule has 1 atom stereocenters. The second-order valence-corrected chi connectivity index (χ2v) is 7.66. The first kappa shape index (κ1) is 17.5. The Labute approximate surface area is 172 Å². The molecule has 0 radical (unpaired) electrons. The van der Waals surface area contributed by atoms with Gasteiger partial charge in [-0.25, -0.2) is 4.79 Å². The molecule has 0 aliphatic carbocycles. The number of para-hydroxylation sites is 1. The van der Waals surface area contributed by atoms with Gasteiger partial charge in [-0.15, -0.1) is 0 Å². The van der Waals surface area contributed by atoms with Gasteiger partial charge in [0.2, 0.25) is 11.8 Å². The Morgan fingerprint density at radius 1 is 1.17 bits per heavy atom. The van der Waals surface area contributed by atoms with Crippen molar-refractivity contribution in [3.05, 3.63) is 79.4 Å². The first-order valence-corrected chi connectivity index (χ1v) is 9.46. The number of nitrogens with two attached hydrogens (primary N) is 1. The Balaban J connectivity index is 2.05. The topological polar surface area (TPSA) is 118 Å². The first-order chi connectivity index (χ1) is 13.9. The molecule has 0 unspecified atom stereocenters. The molecule has 8 heteroatoms. The van der Waals surface area contributed by atoms with E-state index in [0.717, 1.165) is 5.56 Å². The van der Waals surface area contributed by atoms with E-state index in [1.165, 1.54) is 0 Å². The minimum Gasteiger partial charge on any atom is -0.439 e. The van der Waals surface area contributed by atoms with E-state index in [9.17, 15) is 14.9 Å². The van der Waals surface area contributed by atoms with Crippen LogP contribution in [0.25, 0.3) is 11.0 Å². The van der Waals surface area contributed by atoms with Gasteiger partial charge in [0, 0.05) is 15.7 Å². The number of carbonyl (C=O) groups is 1. The molecular formula is C21H12BrN3O4. The number of hydrogen-bond donors (Lipinski definition) is 2. The van der Waals surface area contributed by atoms with Crippen LogP contribution in [0.4, 0.5) is 5.69 Å². The smallest absolute Gasteiger partial charge is 0.345 e. The Bertz CT molecular complexity index is 1400. The first-order valence-electron chi connectivity index (χ1n) is 8.66. The van der Waals surface area contributed by atoms with E-state index in [4.69, 9.17) is 14.9 Å². The lowest BCUT2D eigenvalue weighted by molar-refractivity contribution is -0.118. The molecule has 0 saturated carbocycles. The van der Waals surface area contributed by atoms with Crippen molar-refractivity contribution in [1.82, 2.24) is 0 Å². The molecule has 3 heterocycles. The van der Waals surface area contributed by atoms with Crippen molar-refractivity contribution >= 4 is 38.5 Å². The number of halogens is 1. The van der Waals surface area contributed by atoms with E-state index in [1.54, 1.807) is 30.3 Å². The molecule has 1 spiro atoms. The van der Waals surface area contributed by atoms with Crippen LogP contribution in [0.3, 0.4) is 0 Å². The molecule has 0 saturated heterocycles. The van der Waals surface area contributed by atoms with Crippen LogP contribution in [0.1, 0.15) is 16.7 Å². The van der Waals surface area contributed by atoms with E-state index < -0.39 is 16.9 Å². The fraction of sp³-hybridized carbons (Fsp3) is 0.0952. The predicted molar refractivity (Wildman–Crippen MR) is 108 cm³/mol. The number of aryl methyl sites for hydroxylation is 1. The summed E-state index contributed by atoms with van der Waals surface area (Å²) in [6.45, 7) is 1.85. The number of anilines is 1. The van der Waals surface area contributed by atoms with E-state index in [2.05, 4.69) is 21.2 Å². The number of amides is 1. The van der Waals surface area contributed by atoms with Gasteiger partial charge < -0.3 is 20.2 Å². The van der Waals surface area contributed by atoms with E-state index in [1.807, 2.05) is 19.1 Å². The van der Waals surface area contributed by atoms with Crippen molar-refractivity contribution in [2.24, 2.45) is 5.73 Å². The molecule has 1 amide bonds. The predicted octanol–water partition coefficient (Wildman–Crippen LogP) is 3.19. The summed E-state index contributed by atoms with van der Waals surface area (Å²) in [5, 5.41) is 13.2. The largest absolute Gasteiger partial charge is 0.439 e. The standard InChI is InChI=1S/C21H12BrN3O4/c1-9-6-7-12-14(16(9)22)21(20(27)25-12)11(8-23)18(24)29-17-10-4-2-3-5-13(10)28-19(26)15(17)21/h2-7H,24H2,1H3,(H,25,27)/t21-/m1/s1. The lowest BCUT2D eigenvalue weighted by Crippen LogP contribution is -2.46. The number of carbonyl (C=O) groups excluding carboxylic acids is 1. The number of nitrogens with one attached hydrogen (secondary N) is 1. The third kappa shape index (κ3) is 2.00. The summed E-state index contributed by atoms with van der Waals surface area (Å²) >= 11 is 3.53. The van der Waals surface area contributed by atoms with Crippen molar-refractivity contribution in [2.45, 2.75) is 12.3 Å². The van der Waals surface area contributed by atoms with Gasteiger partial charge in [-0.3, -0.25) is 4.79 Å². The third-order valence-corrected chi connectivity index (χ3v) is 6.41. The van der Waals surface area contributed by atoms with Crippen LogP contribution in [0, 0.1) is 18.3 Å². The van der Waals surface area contributed by atoms with E-state index in [-0.39, 0.29) is 22.8 Å². The number of ether oxygens (including phenoxy) is 1. The summed E-state index contributed by atoms with van der Waals surface area (Å²) in [5.74, 6) is -0.678. The second-order valence-electron chi connectivity index (χ2n) is 6.87. The van der Waals surface area contributed by atoms with Gasteiger partial charge in [0.15, 0.2) is 11.2 Å². The molecule has 0 bridgehead atoms. The molecule has 2 aliphatic heterocycles. The highest BCUT2D eigenvalue weighted by atomic mass is 79.9. The summed E-state index contributed by atoms with van der Waals surface area (Å²) in [6.07, 6.45) is 0. The summed E-state index contributed by atoms with van der Waals surface area (Å²) in [7, 11) is 0. The second kappa shape index (κ2) is 5.72. The summed E-state index contributed by atoms with van der Waals surface area (Å²) in [5.41, 5.74) is 5.38. The fourth-order valence-electron chi connectivity index (χ4n) is 4.12. The lowest BCUT2D eigenvalue weighted by atomic mass is 9.69. The molecule has 3 N–H and O–H groups in total. The molecule has 1 aromatic heterocycles. The third-order valence-electron chi connectivity index (χ3n) is 5.38. The number of rotatable bonds is 0. The quantitative estimate of drug-likeness (QED) is 0.508. The van der Waals surface area contributed by atoms with E-state index >= 15 is 0 Å². The Hall–Kier alpha value is -3.57. The zero-order valence-electron chi connectivity index (χ0n) is 15.0. The average Bonchev–Trinajstić information content (AvgIpc) is 2.98. The van der Waals surface area contributed by atoms with Crippen LogP contribution in [0.2, 0.25) is 0 Å². The van der Waals surface area contributed by atoms with Crippen molar-refractivity contribution < 1.29 is 13.9 Å². The Morgan fingerprint density at radius 2 is 1.93 bits per heavy atom. The van der Waals surface area contributed by atoms with Crippen molar-refractivity contribution in [3.8, 4) is 11.8 Å². The van der Waals surface area contributed by atoms with E-state index in [0.29, 0.717) is 26.7 Å². The summed E-state index contributed by atoms with van der Waals surface area (Å²) in [4.78, 5) is 26.6. The average molecular weight is 450 g/mol. The molecule has 0 fully saturated rings. The van der Waals surface area contributed by atoms with Crippen molar-refractivity contribution in [2.75, 3.05) is 5.32 Å². The molecular weight excluding hydrogens is 438 g/mol. The van der Waals surface area contributed by atoms with Crippen LogP contribution in [-0.2, 0) is 10.2 Å². The van der Waals surface area contributed by atoms with Gasteiger partial charge in [-0.1, -0.05) is 34.1 Å². The normalized spacial score (nSPS) is 19.6. The van der Waals surface area contributed by atoms with Crippen molar-refractivity contribution in [1.29, 1.82) is 5.26 Å². The van der Waals surface area contributed by atoms with Crippen LogP contribution in [-0.4, -0.2) is 5.91 Å². The molecule has 142 valence electrons. The number of fused-ring (bicyclic) bond motifs is 6. The molecule has 29 heavy (non-hydrogen) atoms. The zero-order valence-corrected chi connectivity index (χ0v) is 16.6. The van der Waals surface area contributed by atoms with Gasteiger partial charge in [-0.2, -0.15) is 5.26 Å². The lowest BCUT2D eigenvalue weighted by Gasteiger charge is -2.33. The Kier molecular flexibility index (Phi) is 3.46. The fourth-order valence-corrected chi connectivity index (χ4v) is 4.76. The summed E-state index contributed by atoms with van der Waals surface area (Å²) < 4.78 is 11.8. The van der Waals surface area contributed by atoms with Gasteiger partial charge in [0.1, 0.15) is 22.8 Å². The number of nitrogens with zero attached hydrogens (tertiary/aromatic N) is 1. The molecule has 3 aromatic rings. The molecule has 2 aromatic carbocycles. The maximum Gasteiger partial charge on any atom is 0.345 e. The summed E-state index contributed by atoms with van der Waals surface area (Å²) in [6, 6.07) is 12.3. The van der Waals surface area contributed by atoms with Crippen LogP contribution in [0.15, 0.2) is 61.5 Å². The maximum atomic E-state index is 13.4. The SMILES string of the molecule is Cc1ccc2c(c1Br)[C@]1(C(=O)N2)C(C#N)=C(N)Oc2c1c(=O)oc1ccccc21. The highest BCUT2D eigenvalue weighted by Gasteiger charge is 2.59. The number of hydrogen-bond acceptors (Lipinski definition) is 6.